The second kappa shape index (κ2) is 12.6. The smallest absolute Gasteiger partial charge is 0.265 e. The number of nitrogens with zero attached hydrogens (tertiary/aromatic N) is 2. The van der Waals surface area contributed by atoms with Crippen molar-refractivity contribution in [1.29, 1.82) is 0 Å². The standard InChI is InChI=1S/C31H35Cl2N3O4S/c1-2-26(31(38)34-23-11-4-3-5-12-23)35(20-21-16-17-24(32)25(33)19-21)29(37)15-8-18-36-27-13-6-9-22-10-7-14-28(30(22)27)41(36,39)40/h6-7,9-10,13-14,16-17,19,23,26H,2-5,8,11-12,15,18,20H2,1H3,(H,34,38)/t26-/m0/s1. The number of sulfonamides is 1. The molecule has 1 heterocycles. The number of hydrogen-bond acceptors (Lipinski definition) is 4. The molecule has 1 aliphatic heterocycles. The largest absolute Gasteiger partial charge is 0.352 e. The molecule has 1 fully saturated rings. The third kappa shape index (κ3) is 6.20. The summed E-state index contributed by atoms with van der Waals surface area (Å²) in [7, 11) is -3.71. The number of nitrogens with one attached hydrogen (secondary N) is 1. The molecule has 10 heteroatoms. The molecule has 1 saturated carbocycles. The lowest BCUT2D eigenvalue weighted by atomic mass is 9.95. The molecule has 7 nitrogen and oxygen atoms in total. The minimum absolute atomic E-state index is 0.0902. The third-order valence-corrected chi connectivity index (χ3v) is 10.7. The van der Waals surface area contributed by atoms with Crippen LogP contribution >= 0.6 is 23.2 Å². The minimum atomic E-state index is -3.71. The van der Waals surface area contributed by atoms with Gasteiger partial charge in [0, 0.05) is 30.9 Å². The van der Waals surface area contributed by atoms with E-state index in [1.165, 1.54) is 10.7 Å². The van der Waals surface area contributed by atoms with Gasteiger partial charge in [0.2, 0.25) is 11.8 Å². The van der Waals surface area contributed by atoms with E-state index in [1.54, 1.807) is 41.3 Å². The topological polar surface area (TPSA) is 86.8 Å². The lowest BCUT2D eigenvalue weighted by molar-refractivity contribution is -0.141. The van der Waals surface area contributed by atoms with E-state index in [0.29, 0.717) is 38.9 Å². The van der Waals surface area contributed by atoms with Crippen LogP contribution < -0.4 is 9.62 Å². The third-order valence-electron chi connectivity index (χ3n) is 8.11. The van der Waals surface area contributed by atoms with Crippen LogP contribution in [0.3, 0.4) is 0 Å². The first-order valence-corrected chi connectivity index (χ1v) is 16.5. The van der Waals surface area contributed by atoms with Crippen LogP contribution in [0.25, 0.3) is 10.8 Å². The molecule has 0 saturated heterocycles. The Labute approximate surface area is 251 Å². The molecule has 0 radical (unpaired) electrons. The van der Waals surface area contributed by atoms with Gasteiger partial charge in [-0.25, -0.2) is 8.42 Å². The summed E-state index contributed by atoms with van der Waals surface area (Å²) < 4.78 is 28.1. The highest BCUT2D eigenvalue weighted by Crippen LogP contribution is 2.42. The fraction of sp³-hybridized carbons (Fsp3) is 0.419. The Hall–Kier alpha value is -2.81. The van der Waals surface area contributed by atoms with Crippen LogP contribution in [0.15, 0.2) is 59.5 Å². The summed E-state index contributed by atoms with van der Waals surface area (Å²) in [5.41, 5.74) is 1.40. The van der Waals surface area contributed by atoms with Crippen molar-refractivity contribution in [1.82, 2.24) is 10.2 Å². The Balaban J connectivity index is 1.33. The molecule has 0 aromatic heterocycles. The van der Waals surface area contributed by atoms with E-state index in [-0.39, 0.29) is 37.4 Å². The summed E-state index contributed by atoms with van der Waals surface area (Å²) in [6.07, 6.45) is 6.09. The van der Waals surface area contributed by atoms with Crippen molar-refractivity contribution in [2.24, 2.45) is 0 Å². The zero-order valence-electron chi connectivity index (χ0n) is 23.1. The second-order valence-corrected chi connectivity index (χ2v) is 13.5. The highest BCUT2D eigenvalue weighted by molar-refractivity contribution is 7.93. The predicted octanol–water partition coefficient (Wildman–Crippen LogP) is 6.69. The Bertz CT molecular complexity index is 1550. The van der Waals surface area contributed by atoms with Gasteiger partial charge in [-0.1, -0.05) is 79.7 Å². The number of rotatable bonds is 10. The summed E-state index contributed by atoms with van der Waals surface area (Å²) in [6.45, 7) is 2.25. The average Bonchev–Trinajstić information content (AvgIpc) is 3.18. The van der Waals surface area contributed by atoms with Gasteiger partial charge in [0.15, 0.2) is 0 Å². The first-order chi connectivity index (χ1) is 19.7. The van der Waals surface area contributed by atoms with Crippen LogP contribution in [0.4, 0.5) is 5.69 Å². The van der Waals surface area contributed by atoms with Gasteiger partial charge in [0.25, 0.3) is 10.0 Å². The molecule has 41 heavy (non-hydrogen) atoms. The van der Waals surface area contributed by atoms with Crippen LogP contribution in [0.2, 0.25) is 10.0 Å². The van der Waals surface area contributed by atoms with E-state index in [2.05, 4.69) is 5.32 Å². The van der Waals surface area contributed by atoms with Gasteiger partial charge in [-0.2, -0.15) is 0 Å². The first-order valence-electron chi connectivity index (χ1n) is 14.3. The highest BCUT2D eigenvalue weighted by Gasteiger charge is 2.36. The van der Waals surface area contributed by atoms with Crippen molar-refractivity contribution >= 4 is 61.5 Å². The number of anilines is 1. The van der Waals surface area contributed by atoms with Crippen LogP contribution in [-0.4, -0.2) is 43.8 Å². The highest BCUT2D eigenvalue weighted by atomic mass is 35.5. The Morgan fingerprint density at radius 2 is 1.76 bits per heavy atom. The molecule has 1 aliphatic carbocycles. The van der Waals surface area contributed by atoms with E-state index in [1.807, 2.05) is 25.1 Å². The maximum Gasteiger partial charge on any atom is 0.265 e. The van der Waals surface area contributed by atoms with E-state index in [4.69, 9.17) is 23.2 Å². The molecule has 0 unspecified atom stereocenters. The number of carbonyl (C=O) groups is 2. The molecule has 3 aromatic rings. The second-order valence-electron chi connectivity index (χ2n) is 10.8. The zero-order valence-corrected chi connectivity index (χ0v) is 25.4. The summed E-state index contributed by atoms with van der Waals surface area (Å²) >= 11 is 12.4. The van der Waals surface area contributed by atoms with E-state index in [0.717, 1.165) is 36.6 Å². The molecule has 2 amide bonds. The lowest BCUT2D eigenvalue weighted by Crippen LogP contribution is -2.51. The van der Waals surface area contributed by atoms with Crippen molar-refractivity contribution in [3.8, 4) is 0 Å². The van der Waals surface area contributed by atoms with Gasteiger partial charge in [-0.05, 0) is 60.9 Å². The van der Waals surface area contributed by atoms with Crippen molar-refractivity contribution in [2.75, 3.05) is 10.8 Å². The van der Waals surface area contributed by atoms with Crippen molar-refractivity contribution in [3.05, 3.63) is 70.2 Å². The Morgan fingerprint density at radius 3 is 2.46 bits per heavy atom. The zero-order chi connectivity index (χ0) is 29.1. The fourth-order valence-corrected chi connectivity index (χ4v) is 8.08. The molecule has 1 N–H and O–H groups in total. The Morgan fingerprint density at radius 1 is 1.02 bits per heavy atom. The molecule has 5 rings (SSSR count). The van der Waals surface area contributed by atoms with Crippen LogP contribution in [0.5, 0.6) is 0 Å². The molecule has 218 valence electrons. The van der Waals surface area contributed by atoms with Gasteiger partial charge < -0.3 is 10.2 Å². The number of carbonyl (C=O) groups excluding carboxylic acids is 2. The van der Waals surface area contributed by atoms with Gasteiger partial charge in [-0.15, -0.1) is 0 Å². The van der Waals surface area contributed by atoms with E-state index >= 15 is 0 Å². The maximum atomic E-state index is 13.8. The van der Waals surface area contributed by atoms with Gasteiger partial charge >= 0.3 is 0 Å². The van der Waals surface area contributed by atoms with E-state index in [9.17, 15) is 18.0 Å². The monoisotopic (exact) mass is 615 g/mol. The molecule has 0 bridgehead atoms. The van der Waals surface area contributed by atoms with E-state index < -0.39 is 16.1 Å². The molecule has 3 aromatic carbocycles. The van der Waals surface area contributed by atoms with Crippen molar-refractivity contribution in [2.45, 2.75) is 81.8 Å². The fourth-order valence-electron chi connectivity index (χ4n) is 6.01. The normalized spacial score (nSPS) is 17.0. The van der Waals surface area contributed by atoms with Crippen LogP contribution in [0.1, 0.15) is 63.9 Å². The molecule has 2 aliphatic rings. The number of benzene rings is 3. The number of hydrogen-bond donors (Lipinski definition) is 1. The lowest BCUT2D eigenvalue weighted by Gasteiger charge is -2.33. The number of halogens is 2. The number of amides is 2. The predicted molar refractivity (Wildman–Crippen MR) is 164 cm³/mol. The SMILES string of the molecule is CC[C@@H](C(=O)NC1CCCCC1)N(Cc1ccc(Cl)c(Cl)c1)C(=O)CCCN1c2cccc3cccc(c23)S1(=O)=O. The van der Waals surface area contributed by atoms with Gasteiger partial charge in [0.05, 0.1) is 20.6 Å². The maximum absolute atomic E-state index is 13.8. The Kier molecular flexibility index (Phi) is 9.12. The molecular formula is C31H35Cl2N3O4S. The summed E-state index contributed by atoms with van der Waals surface area (Å²) in [4.78, 5) is 29.1. The first kappa shape index (κ1) is 29.7. The molecule has 1 atom stereocenters. The quantitative estimate of drug-likeness (QED) is 0.275. The minimum Gasteiger partial charge on any atom is -0.352 e. The van der Waals surface area contributed by atoms with Crippen molar-refractivity contribution < 1.29 is 18.0 Å². The van der Waals surface area contributed by atoms with Crippen LogP contribution in [0, 0.1) is 0 Å². The summed E-state index contributed by atoms with van der Waals surface area (Å²) in [6, 6.07) is 15.5. The van der Waals surface area contributed by atoms with Gasteiger partial charge in [0.1, 0.15) is 6.04 Å². The summed E-state index contributed by atoms with van der Waals surface area (Å²) in [5, 5.41) is 5.55. The van der Waals surface area contributed by atoms with Crippen LogP contribution in [-0.2, 0) is 26.2 Å². The molecular weight excluding hydrogens is 581 g/mol. The van der Waals surface area contributed by atoms with Gasteiger partial charge in [-0.3, -0.25) is 13.9 Å². The molecule has 0 spiro atoms. The summed E-state index contributed by atoms with van der Waals surface area (Å²) in [5.74, 6) is -0.369. The average molecular weight is 617 g/mol. The van der Waals surface area contributed by atoms with Crippen molar-refractivity contribution in [3.63, 3.8) is 0 Å².